The number of anilines is 1. The molecule has 0 radical (unpaired) electrons. The molecule has 11 heteroatoms. The molecule has 9 nitrogen and oxygen atoms in total. The Morgan fingerprint density at radius 2 is 1.90 bits per heavy atom. The highest BCUT2D eigenvalue weighted by molar-refractivity contribution is 6.31. The monoisotopic (exact) mass is 562 g/mol. The first-order valence-corrected chi connectivity index (χ1v) is 13.4. The third kappa shape index (κ3) is 4.51. The third-order valence-corrected chi connectivity index (χ3v) is 7.54. The van der Waals surface area contributed by atoms with Crippen LogP contribution in [0.25, 0.3) is 5.69 Å². The number of halogens is 2. The van der Waals surface area contributed by atoms with Crippen molar-refractivity contribution in [3.05, 3.63) is 99.1 Å². The lowest BCUT2D eigenvalue weighted by Crippen LogP contribution is -2.39. The van der Waals surface area contributed by atoms with Gasteiger partial charge in [-0.2, -0.15) is 5.10 Å². The maximum Gasteiger partial charge on any atom is 0.343 e. The number of hydrogen-bond donors (Lipinski definition) is 0. The highest BCUT2D eigenvalue weighted by Gasteiger charge is 2.42. The summed E-state index contributed by atoms with van der Waals surface area (Å²) < 4.78 is 8.74. The molecule has 0 N–H and O–H groups in total. The van der Waals surface area contributed by atoms with Crippen molar-refractivity contribution in [1.82, 2.24) is 24.8 Å². The van der Waals surface area contributed by atoms with E-state index in [-0.39, 0.29) is 18.9 Å². The number of rotatable bonds is 6. The van der Waals surface area contributed by atoms with Gasteiger partial charge in [-0.15, -0.1) is 5.10 Å². The summed E-state index contributed by atoms with van der Waals surface area (Å²) in [6.45, 7) is 2.25. The zero-order valence-electron chi connectivity index (χ0n) is 21.1. The number of carbonyl (C=O) groups is 2. The van der Waals surface area contributed by atoms with Crippen molar-refractivity contribution in [2.45, 2.75) is 38.8 Å². The van der Waals surface area contributed by atoms with Crippen LogP contribution in [0.15, 0.2) is 72.2 Å². The lowest BCUT2D eigenvalue weighted by Gasteiger charge is -2.40. The normalized spacial score (nSPS) is 16.7. The van der Waals surface area contributed by atoms with E-state index in [9.17, 15) is 9.59 Å². The van der Waals surface area contributed by atoms with Gasteiger partial charge >= 0.3 is 5.97 Å². The standard InChI is InChI=1S/C28H24Cl2N6O3/c1-2-39-28(38)21-14-31-36-26(20-6-3-4-7-22(20)30)25-23(8-5-9-24(25)37)34(27(21)36)15-18-16-35(33-32-18)19-12-10-17(29)11-13-19/h3-4,6-7,10-14,16,26H,2,5,8-9,15H2,1H3. The van der Waals surface area contributed by atoms with Crippen LogP contribution < -0.4 is 4.90 Å². The van der Waals surface area contributed by atoms with Crippen LogP contribution in [0.5, 0.6) is 0 Å². The molecule has 0 amide bonds. The van der Waals surface area contributed by atoms with Gasteiger partial charge in [0, 0.05) is 27.7 Å². The lowest BCUT2D eigenvalue weighted by molar-refractivity contribution is -0.116. The minimum Gasteiger partial charge on any atom is -0.462 e. The fourth-order valence-electron chi connectivity index (χ4n) is 5.26. The summed E-state index contributed by atoms with van der Waals surface area (Å²) in [6, 6.07) is 14.1. The highest BCUT2D eigenvalue weighted by Crippen LogP contribution is 2.46. The summed E-state index contributed by atoms with van der Waals surface area (Å²) in [7, 11) is 0. The number of ether oxygens (including phenoxy) is 1. The van der Waals surface area contributed by atoms with E-state index in [4.69, 9.17) is 27.9 Å². The Morgan fingerprint density at radius 1 is 1.10 bits per heavy atom. The number of allylic oxidation sites excluding steroid dienone is 2. The summed E-state index contributed by atoms with van der Waals surface area (Å²) in [5.41, 5.74) is 3.97. The molecular weight excluding hydrogens is 539 g/mol. The van der Waals surface area contributed by atoms with Crippen LogP contribution in [0.2, 0.25) is 10.0 Å². The van der Waals surface area contributed by atoms with E-state index in [1.807, 2.05) is 41.4 Å². The second-order valence-corrected chi connectivity index (χ2v) is 10.2. The maximum absolute atomic E-state index is 13.5. The Labute approximate surface area is 234 Å². The Balaban J connectivity index is 1.50. The number of hydrogen-bond acceptors (Lipinski definition) is 7. The molecule has 0 bridgehead atoms. The van der Waals surface area contributed by atoms with Gasteiger partial charge in [-0.3, -0.25) is 4.79 Å². The molecular formula is C28H24Cl2N6O3. The molecule has 4 aromatic rings. The number of fused-ring (bicyclic) bond motifs is 1. The largest absolute Gasteiger partial charge is 0.462 e. The van der Waals surface area contributed by atoms with Crippen LogP contribution in [0.3, 0.4) is 0 Å². The first-order chi connectivity index (χ1) is 19.0. The van der Waals surface area contributed by atoms with Crippen molar-refractivity contribution in [3.63, 3.8) is 0 Å². The molecule has 2 aromatic carbocycles. The first-order valence-electron chi connectivity index (χ1n) is 12.7. The quantitative estimate of drug-likeness (QED) is 0.284. The van der Waals surface area contributed by atoms with E-state index in [0.717, 1.165) is 16.9 Å². The van der Waals surface area contributed by atoms with Crippen molar-refractivity contribution in [2.24, 2.45) is 0 Å². The van der Waals surface area contributed by atoms with Gasteiger partial charge in [0.15, 0.2) is 5.78 Å². The Hall–Kier alpha value is -3.95. The van der Waals surface area contributed by atoms with Gasteiger partial charge in [-0.05, 0) is 55.7 Å². The van der Waals surface area contributed by atoms with Gasteiger partial charge in [0.05, 0.1) is 31.2 Å². The Bertz CT molecular complexity index is 1610. The maximum atomic E-state index is 13.5. The van der Waals surface area contributed by atoms with Crippen LogP contribution in [0, 0.1) is 0 Å². The number of benzene rings is 2. The van der Waals surface area contributed by atoms with Crippen LogP contribution in [0.1, 0.15) is 53.8 Å². The average Bonchev–Trinajstić information content (AvgIpc) is 3.58. The first kappa shape index (κ1) is 25.3. The molecule has 0 spiro atoms. The molecule has 1 unspecified atom stereocenters. The Kier molecular flexibility index (Phi) is 6.70. The molecule has 1 atom stereocenters. The van der Waals surface area contributed by atoms with Crippen molar-refractivity contribution >= 4 is 40.8 Å². The predicted octanol–water partition coefficient (Wildman–Crippen LogP) is 5.56. The molecule has 39 heavy (non-hydrogen) atoms. The fourth-order valence-corrected chi connectivity index (χ4v) is 5.63. The summed E-state index contributed by atoms with van der Waals surface area (Å²) in [5, 5.41) is 14.4. The SMILES string of the molecule is CCOC(=O)c1cnn2c1N(Cc1cn(-c3ccc(Cl)cc3)nn1)C1=C(C(=O)CCC1)C2c1ccccc1Cl. The van der Waals surface area contributed by atoms with Gasteiger partial charge in [0.2, 0.25) is 0 Å². The molecule has 0 saturated heterocycles. The lowest BCUT2D eigenvalue weighted by atomic mass is 9.84. The Morgan fingerprint density at radius 3 is 2.67 bits per heavy atom. The van der Waals surface area contributed by atoms with Gasteiger partial charge in [0.25, 0.3) is 0 Å². The highest BCUT2D eigenvalue weighted by atomic mass is 35.5. The van der Waals surface area contributed by atoms with E-state index >= 15 is 0 Å². The fraction of sp³-hybridized carbons (Fsp3) is 0.250. The van der Waals surface area contributed by atoms with Crippen LogP contribution in [-0.4, -0.2) is 43.1 Å². The van der Waals surface area contributed by atoms with E-state index in [2.05, 4.69) is 15.4 Å². The topological polar surface area (TPSA) is 95.1 Å². The van der Waals surface area contributed by atoms with Crippen molar-refractivity contribution in [3.8, 4) is 5.69 Å². The number of carbonyl (C=O) groups excluding carboxylic acids is 2. The molecule has 0 saturated carbocycles. The van der Waals surface area contributed by atoms with Crippen molar-refractivity contribution < 1.29 is 14.3 Å². The number of nitrogens with zero attached hydrogens (tertiary/aromatic N) is 6. The number of esters is 1. The van der Waals surface area contributed by atoms with Crippen molar-refractivity contribution in [2.75, 3.05) is 11.5 Å². The van der Waals surface area contributed by atoms with Crippen molar-refractivity contribution in [1.29, 1.82) is 0 Å². The van der Waals surface area contributed by atoms with E-state index in [0.29, 0.717) is 52.0 Å². The molecule has 1 aliphatic carbocycles. The molecule has 198 valence electrons. The zero-order chi connectivity index (χ0) is 27.1. The van der Waals surface area contributed by atoms with E-state index in [1.165, 1.54) is 6.20 Å². The van der Waals surface area contributed by atoms with Gasteiger partial charge in [-0.1, -0.05) is 46.6 Å². The van der Waals surface area contributed by atoms with Gasteiger partial charge in [0.1, 0.15) is 23.1 Å². The average molecular weight is 563 g/mol. The van der Waals surface area contributed by atoms with Crippen LogP contribution in [-0.2, 0) is 16.1 Å². The summed E-state index contributed by atoms with van der Waals surface area (Å²) in [6.07, 6.45) is 5.10. The molecule has 2 aliphatic rings. The van der Waals surface area contributed by atoms with Crippen LogP contribution in [0.4, 0.5) is 5.82 Å². The zero-order valence-corrected chi connectivity index (χ0v) is 22.6. The number of Topliss-reactive ketones (excluding diaryl/α,β-unsaturated/α-hetero) is 1. The second kappa shape index (κ2) is 10.3. The minimum absolute atomic E-state index is 0.0369. The van der Waals surface area contributed by atoms with Gasteiger partial charge in [-0.25, -0.2) is 14.2 Å². The van der Waals surface area contributed by atoms with E-state index in [1.54, 1.807) is 34.5 Å². The molecule has 6 rings (SSSR count). The van der Waals surface area contributed by atoms with E-state index < -0.39 is 12.0 Å². The molecule has 0 fully saturated rings. The summed E-state index contributed by atoms with van der Waals surface area (Å²) in [5.74, 6) is 0.0837. The molecule has 1 aliphatic heterocycles. The number of ketones is 1. The van der Waals surface area contributed by atoms with Crippen LogP contribution >= 0.6 is 23.2 Å². The molecule has 2 aromatic heterocycles. The second-order valence-electron chi connectivity index (χ2n) is 9.33. The minimum atomic E-state index is -0.569. The number of aromatic nitrogens is 5. The predicted molar refractivity (Wildman–Crippen MR) is 146 cm³/mol. The molecule has 3 heterocycles. The summed E-state index contributed by atoms with van der Waals surface area (Å²) >= 11 is 12.7. The summed E-state index contributed by atoms with van der Waals surface area (Å²) in [4.78, 5) is 28.5. The van der Waals surface area contributed by atoms with Gasteiger partial charge < -0.3 is 9.64 Å². The third-order valence-electron chi connectivity index (χ3n) is 6.94. The smallest absolute Gasteiger partial charge is 0.343 e.